The van der Waals surface area contributed by atoms with E-state index in [1.165, 1.54) is 0 Å². The second kappa shape index (κ2) is 6.08. The molecule has 0 bridgehead atoms. The van der Waals surface area contributed by atoms with E-state index in [2.05, 4.69) is 0 Å². The van der Waals surface area contributed by atoms with E-state index in [0.717, 1.165) is 12.8 Å². The summed E-state index contributed by atoms with van der Waals surface area (Å²) in [4.78, 5) is 13.9. The topological polar surface area (TPSA) is 55.6 Å². The number of amides is 1. The first kappa shape index (κ1) is 12.5. The van der Waals surface area contributed by atoms with Crippen LogP contribution in [0.25, 0.3) is 0 Å². The molecule has 15 heavy (non-hydrogen) atoms. The van der Waals surface area contributed by atoms with Crippen molar-refractivity contribution in [1.29, 1.82) is 0 Å². The van der Waals surface area contributed by atoms with Crippen molar-refractivity contribution in [3.63, 3.8) is 0 Å². The molecule has 0 heterocycles. The summed E-state index contributed by atoms with van der Waals surface area (Å²) in [5.41, 5.74) is 5.50. The maximum absolute atomic E-state index is 11.9. The minimum Gasteiger partial charge on any atom is -0.384 e. The van der Waals surface area contributed by atoms with Crippen LogP contribution in [0.5, 0.6) is 0 Å². The molecule has 2 N–H and O–H groups in total. The standard InChI is InChI=1S/C11H22N2O2/c1-9(8-15-2)7-11(14)13(6-5-12)10-3-4-10/h9-10H,3-8,12H2,1-2H3. The predicted octanol–water partition coefficient (Wildman–Crippen LogP) is 0.609. The van der Waals surface area contributed by atoms with Crippen molar-refractivity contribution >= 4 is 5.91 Å². The summed E-state index contributed by atoms with van der Waals surface area (Å²) in [5, 5.41) is 0. The van der Waals surface area contributed by atoms with Crippen LogP contribution in [0.2, 0.25) is 0 Å². The van der Waals surface area contributed by atoms with Crippen molar-refractivity contribution in [3.8, 4) is 0 Å². The lowest BCUT2D eigenvalue weighted by molar-refractivity contribution is -0.132. The van der Waals surface area contributed by atoms with Gasteiger partial charge >= 0.3 is 0 Å². The van der Waals surface area contributed by atoms with Gasteiger partial charge in [0.1, 0.15) is 0 Å². The van der Waals surface area contributed by atoms with Crippen LogP contribution in [0, 0.1) is 5.92 Å². The van der Waals surface area contributed by atoms with E-state index in [9.17, 15) is 4.79 Å². The van der Waals surface area contributed by atoms with Gasteiger partial charge in [-0.05, 0) is 18.8 Å². The van der Waals surface area contributed by atoms with Crippen molar-refractivity contribution in [3.05, 3.63) is 0 Å². The third-order valence-corrected chi connectivity index (χ3v) is 2.65. The van der Waals surface area contributed by atoms with Gasteiger partial charge < -0.3 is 15.4 Å². The molecule has 0 aromatic rings. The molecular weight excluding hydrogens is 192 g/mol. The zero-order valence-electron chi connectivity index (χ0n) is 9.74. The Balaban J connectivity index is 2.34. The first-order chi connectivity index (χ1) is 7.19. The molecule has 0 saturated heterocycles. The highest BCUT2D eigenvalue weighted by molar-refractivity contribution is 5.77. The smallest absolute Gasteiger partial charge is 0.223 e. The summed E-state index contributed by atoms with van der Waals surface area (Å²) in [6.07, 6.45) is 2.86. The monoisotopic (exact) mass is 214 g/mol. The molecule has 0 radical (unpaired) electrons. The fourth-order valence-electron chi connectivity index (χ4n) is 1.79. The minimum absolute atomic E-state index is 0.229. The summed E-state index contributed by atoms with van der Waals surface area (Å²) >= 11 is 0. The molecule has 0 aliphatic heterocycles. The minimum atomic E-state index is 0.229. The second-order valence-electron chi connectivity index (χ2n) is 4.37. The van der Waals surface area contributed by atoms with Crippen LogP contribution in [-0.4, -0.2) is 43.7 Å². The summed E-state index contributed by atoms with van der Waals surface area (Å²) in [5.74, 6) is 0.522. The van der Waals surface area contributed by atoms with Crippen LogP contribution in [-0.2, 0) is 9.53 Å². The molecule has 1 aliphatic carbocycles. The first-order valence-corrected chi connectivity index (χ1v) is 5.67. The summed E-state index contributed by atoms with van der Waals surface area (Å²) in [6.45, 7) is 3.94. The number of rotatable bonds is 7. The number of carbonyl (C=O) groups excluding carboxylic acids is 1. The third kappa shape index (κ3) is 4.18. The number of hydrogen-bond acceptors (Lipinski definition) is 3. The van der Waals surface area contributed by atoms with Gasteiger partial charge in [0.2, 0.25) is 5.91 Å². The van der Waals surface area contributed by atoms with Crippen LogP contribution in [0.4, 0.5) is 0 Å². The highest BCUT2D eigenvalue weighted by atomic mass is 16.5. The van der Waals surface area contributed by atoms with E-state index in [0.29, 0.717) is 38.1 Å². The quantitative estimate of drug-likeness (QED) is 0.675. The second-order valence-corrected chi connectivity index (χ2v) is 4.37. The molecule has 1 aliphatic rings. The lowest BCUT2D eigenvalue weighted by atomic mass is 10.1. The molecule has 1 fully saturated rings. The maximum atomic E-state index is 11.9. The van der Waals surface area contributed by atoms with Crippen molar-refractivity contribution in [2.75, 3.05) is 26.8 Å². The van der Waals surface area contributed by atoms with E-state index < -0.39 is 0 Å². The molecule has 1 atom stereocenters. The largest absolute Gasteiger partial charge is 0.384 e. The van der Waals surface area contributed by atoms with Gasteiger partial charge in [0, 0.05) is 39.3 Å². The average Bonchev–Trinajstić information content (AvgIpc) is 2.97. The molecule has 1 rings (SSSR count). The Morgan fingerprint density at radius 1 is 1.60 bits per heavy atom. The van der Waals surface area contributed by atoms with Crippen molar-refractivity contribution < 1.29 is 9.53 Å². The van der Waals surface area contributed by atoms with Crippen molar-refractivity contribution in [2.24, 2.45) is 11.7 Å². The number of hydrogen-bond donors (Lipinski definition) is 1. The van der Waals surface area contributed by atoms with Gasteiger partial charge in [0.15, 0.2) is 0 Å². The molecule has 0 aromatic carbocycles. The number of nitrogens with two attached hydrogens (primary N) is 1. The van der Waals surface area contributed by atoms with Gasteiger partial charge in [0.25, 0.3) is 0 Å². The summed E-state index contributed by atoms with van der Waals surface area (Å²) < 4.78 is 5.02. The predicted molar refractivity (Wildman–Crippen MR) is 59.4 cm³/mol. The lowest BCUT2D eigenvalue weighted by Crippen LogP contribution is -2.38. The van der Waals surface area contributed by atoms with Gasteiger partial charge in [0.05, 0.1) is 0 Å². The Bertz CT molecular complexity index is 205. The van der Waals surface area contributed by atoms with Crippen LogP contribution in [0.1, 0.15) is 26.2 Å². The Labute approximate surface area is 91.8 Å². The molecular formula is C11H22N2O2. The highest BCUT2D eigenvalue weighted by Crippen LogP contribution is 2.27. The van der Waals surface area contributed by atoms with E-state index in [1.807, 2.05) is 11.8 Å². The Morgan fingerprint density at radius 3 is 2.73 bits per heavy atom. The van der Waals surface area contributed by atoms with Crippen LogP contribution in [0.15, 0.2) is 0 Å². The molecule has 1 saturated carbocycles. The average molecular weight is 214 g/mol. The molecule has 0 aromatic heterocycles. The number of carbonyl (C=O) groups is 1. The van der Waals surface area contributed by atoms with Crippen molar-refractivity contribution in [2.45, 2.75) is 32.2 Å². The summed E-state index contributed by atoms with van der Waals surface area (Å²) in [6, 6.07) is 0.468. The van der Waals surface area contributed by atoms with Crippen LogP contribution in [0.3, 0.4) is 0 Å². The maximum Gasteiger partial charge on any atom is 0.223 e. The first-order valence-electron chi connectivity index (χ1n) is 5.67. The van der Waals surface area contributed by atoms with Gasteiger partial charge in [-0.1, -0.05) is 6.92 Å². The molecule has 4 nitrogen and oxygen atoms in total. The lowest BCUT2D eigenvalue weighted by Gasteiger charge is -2.23. The van der Waals surface area contributed by atoms with Crippen LogP contribution >= 0.6 is 0 Å². The van der Waals surface area contributed by atoms with E-state index in [-0.39, 0.29) is 5.91 Å². The van der Waals surface area contributed by atoms with E-state index in [1.54, 1.807) is 7.11 Å². The van der Waals surface area contributed by atoms with E-state index >= 15 is 0 Å². The Kier molecular flexibility index (Phi) is 5.05. The SMILES string of the molecule is COCC(C)CC(=O)N(CCN)C1CC1. The zero-order valence-corrected chi connectivity index (χ0v) is 9.74. The molecule has 88 valence electrons. The van der Waals surface area contributed by atoms with Gasteiger partial charge in [-0.15, -0.1) is 0 Å². The number of nitrogens with zero attached hydrogens (tertiary/aromatic N) is 1. The van der Waals surface area contributed by atoms with Crippen LogP contribution < -0.4 is 5.73 Å². The molecule has 0 spiro atoms. The van der Waals surface area contributed by atoms with Crippen molar-refractivity contribution in [1.82, 2.24) is 4.90 Å². The van der Waals surface area contributed by atoms with Gasteiger partial charge in [-0.2, -0.15) is 0 Å². The number of methoxy groups -OCH3 is 1. The molecule has 1 amide bonds. The van der Waals surface area contributed by atoms with Gasteiger partial charge in [-0.3, -0.25) is 4.79 Å². The van der Waals surface area contributed by atoms with E-state index in [4.69, 9.17) is 10.5 Å². The molecule has 4 heteroatoms. The fraction of sp³-hybridized carbons (Fsp3) is 0.909. The summed E-state index contributed by atoms with van der Waals surface area (Å²) in [7, 11) is 1.67. The Morgan fingerprint density at radius 2 is 2.27 bits per heavy atom. The normalized spacial score (nSPS) is 17.5. The van der Waals surface area contributed by atoms with Gasteiger partial charge in [-0.25, -0.2) is 0 Å². The zero-order chi connectivity index (χ0) is 11.3. The third-order valence-electron chi connectivity index (χ3n) is 2.65. The highest BCUT2D eigenvalue weighted by Gasteiger charge is 2.32. The molecule has 1 unspecified atom stereocenters. The fourth-order valence-corrected chi connectivity index (χ4v) is 1.79. The number of ether oxygens (including phenoxy) is 1. The Hall–Kier alpha value is -0.610.